The van der Waals surface area contributed by atoms with Crippen molar-refractivity contribution in [2.75, 3.05) is 13.1 Å². The predicted molar refractivity (Wildman–Crippen MR) is 52.9 cm³/mol. The molecule has 0 saturated carbocycles. The van der Waals surface area contributed by atoms with E-state index in [9.17, 15) is 0 Å². The molecule has 2 heterocycles. The molecule has 72 valence electrons. The SMILES string of the molecule is Cc1[nH]nc(C2CCNCC2)c1C. The Kier molecular flexibility index (Phi) is 2.36. The Morgan fingerprint density at radius 1 is 1.23 bits per heavy atom. The Bertz CT molecular complexity index is 284. The van der Waals surface area contributed by atoms with E-state index >= 15 is 0 Å². The van der Waals surface area contributed by atoms with Crippen LogP contribution in [0, 0.1) is 13.8 Å². The van der Waals surface area contributed by atoms with E-state index in [4.69, 9.17) is 0 Å². The van der Waals surface area contributed by atoms with Crippen molar-refractivity contribution >= 4 is 0 Å². The summed E-state index contributed by atoms with van der Waals surface area (Å²) in [6.07, 6.45) is 2.45. The number of aromatic nitrogens is 2. The van der Waals surface area contributed by atoms with Crippen LogP contribution in [0.4, 0.5) is 0 Å². The molecule has 13 heavy (non-hydrogen) atoms. The van der Waals surface area contributed by atoms with Gasteiger partial charge in [-0.1, -0.05) is 0 Å². The van der Waals surface area contributed by atoms with Crippen LogP contribution in [-0.4, -0.2) is 23.3 Å². The number of H-pyrrole nitrogens is 1. The van der Waals surface area contributed by atoms with E-state index in [1.54, 1.807) is 0 Å². The Morgan fingerprint density at radius 3 is 2.46 bits per heavy atom. The molecule has 1 aromatic rings. The second-order valence-electron chi connectivity index (χ2n) is 3.88. The van der Waals surface area contributed by atoms with Gasteiger partial charge in [-0.05, 0) is 45.3 Å². The van der Waals surface area contributed by atoms with E-state index in [0.717, 1.165) is 13.1 Å². The molecular formula is C10H17N3. The summed E-state index contributed by atoms with van der Waals surface area (Å²) < 4.78 is 0. The average Bonchev–Trinajstić information content (AvgIpc) is 2.49. The summed E-state index contributed by atoms with van der Waals surface area (Å²) in [5.74, 6) is 0.672. The molecule has 1 saturated heterocycles. The Labute approximate surface area is 78.9 Å². The monoisotopic (exact) mass is 179 g/mol. The van der Waals surface area contributed by atoms with Crippen LogP contribution in [-0.2, 0) is 0 Å². The molecule has 1 aliphatic rings. The maximum absolute atomic E-state index is 4.39. The van der Waals surface area contributed by atoms with Gasteiger partial charge in [0.25, 0.3) is 0 Å². The van der Waals surface area contributed by atoms with Crippen LogP contribution in [0.2, 0.25) is 0 Å². The number of nitrogens with zero attached hydrogens (tertiary/aromatic N) is 1. The average molecular weight is 179 g/mol. The number of hydrogen-bond donors (Lipinski definition) is 2. The minimum Gasteiger partial charge on any atom is -0.317 e. The Balaban J connectivity index is 2.18. The van der Waals surface area contributed by atoms with Gasteiger partial charge < -0.3 is 5.32 Å². The zero-order valence-corrected chi connectivity index (χ0v) is 8.35. The van der Waals surface area contributed by atoms with Crippen molar-refractivity contribution in [2.24, 2.45) is 0 Å². The maximum Gasteiger partial charge on any atom is 0.0685 e. The van der Waals surface area contributed by atoms with Crippen molar-refractivity contribution in [2.45, 2.75) is 32.6 Å². The Hall–Kier alpha value is -0.830. The van der Waals surface area contributed by atoms with Crippen molar-refractivity contribution in [1.82, 2.24) is 15.5 Å². The Morgan fingerprint density at radius 2 is 1.92 bits per heavy atom. The highest BCUT2D eigenvalue weighted by Gasteiger charge is 2.19. The van der Waals surface area contributed by atoms with E-state index in [0.29, 0.717) is 5.92 Å². The summed E-state index contributed by atoms with van der Waals surface area (Å²) in [7, 11) is 0. The second kappa shape index (κ2) is 3.50. The van der Waals surface area contributed by atoms with Crippen LogP contribution in [0.25, 0.3) is 0 Å². The molecule has 0 unspecified atom stereocenters. The van der Waals surface area contributed by atoms with Crippen LogP contribution in [0.1, 0.15) is 35.7 Å². The topological polar surface area (TPSA) is 40.7 Å². The van der Waals surface area contributed by atoms with Gasteiger partial charge in [0, 0.05) is 11.6 Å². The van der Waals surface area contributed by atoms with E-state index in [1.807, 2.05) is 0 Å². The van der Waals surface area contributed by atoms with Crippen LogP contribution in [0.3, 0.4) is 0 Å². The molecule has 2 N–H and O–H groups in total. The molecule has 1 fully saturated rings. The van der Waals surface area contributed by atoms with Gasteiger partial charge in [0.1, 0.15) is 0 Å². The van der Waals surface area contributed by atoms with E-state index in [2.05, 4.69) is 29.4 Å². The lowest BCUT2D eigenvalue weighted by atomic mass is 9.92. The van der Waals surface area contributed by atoms with Gasteiger partial charge in [-0.3, -0.25) is 5.10 Å². The minimum atomic E-state index is 0.672. The molecule has 1 aromatic heterocycles. The molecule has 0 bridgehead atoms. The molecule has 0 atom stereocenters. The molecule has 1 aliphatic heterocycles. The quantitative estimate of drug-likeness (QED) is 0.685. The van der Waals surface area contributed by atoms with Crippen molar-refractivity contribution in [3.05, 3.63) is 17.0 Å². The van der Waals surface area contributed by atoms with Crippen LogP contribution >= 0.6 is 0 Å². The van der Waals surface area contributed by atoms with Gasteiger partial charge in [0.15, 0.2) is 0 Å². The number of aryl methyl sites for hydroxylation is 1. The first-order valence-corrected chi connectivity index (χ1v) is 5.01. The first-order chi connectivity index (χ1) is 6.29. The summed E-state index contributed by atoms with van der Waals surface area (Å²) >= 11 is 0. The van der Waals surface area contributed by atoms with Crippen LogP contribution < -0.4 is 5.32 Å². The molecule has 0 spiro atoms. The van der Waals surface area contributed by atoms with Gasteiger partial charge in [0.2, 0.25) is 0 Å². The first kappa shape index (κ1) is 8.75. The summed E-state index contributed by atoms with van der Waals surface area (Å²) in [5, 5.41) is 10.8. The first-order valence-electron chi connectivity index (χ1n) is 5.01. The highest BCUT2D eigenvalue weighted by atomic mass is 15.1. The van der Waals surface area contributed by atoms with Gasteiger partial charge in [-0.15, -0.1) is 0 Å². The van der Waals surface area contributed by atoms with Gasteiger partial charge >= 0.3 is 0 Å². The number of aromatic amines is 1. The lowest BCUT2D eigenvalue weighted by Gasteiger charge is -2.21. The van der Waals surface area contributed by atoms with Crippen molar-refractivity contribution in [1.29, 1.82) is 0 Å². The second-order valence-corrected chi connectivity index (χ2v) is 3.88. The lowest BCUT2D eigenvalue weighted by Crippen LogP contribution is -2.27. The molecule has 0 aliphatic carbocycles. The molecule has 2 rings (SSSR count). The molecular weight excluding hydrogens is 162 g/mol. The summed E-state index contributed by atoms with van der Waals surface area (Å²) in [5.41, 5.74) is 3.86. The van der Waals surface area contributed by atoms with Crippen molar-refractivity contribution in [3.8, 4) is 0 Å². The highest BCUT2D eigenvalue weighted by Crippen LogP contribution is 2.26. The fourth-order valence-electron chi connectivity index (χ4n) is 2.00. The minimum absolute atomic E-state index is 0.672. The van der Waals surface area contributed by atoms with Crippen LogP contribution in [0.15, 0.2) is 0 Å². The molecule has 0 aromatic carbocycles. The standard InChI is InChI=1S/C10H17N3/c1-7-8(2)12-13-10(7)9-3-5-11-6-4-9/h9,11H,3-6H2,1-2H3,(H,12,13). The van der Waals surface area contributed by atoms with Gasteiger partial charge in [0.05, 0.1) is 5.69 Å². The summed E-state index contributed by atoms with van der Waals surface area (Å²) in [4.78, 5) is 0. The number of rotatable bonds is 1. The number of piperidine rings is 1. The summed E-state index contributed by atoms with van der Waals surface area (Å²) in [6.45, 7) is 6.52. The third-order valence-electron chi connectivity index (χ3n) is 3.02. The molecule has 3 nitrogen and oxygen atoms in total. The van der Waals surface area contributed by atoms with Gasteiger partial charge in [-0.25, -0.2) is 0 Å². The largest absolute Gasteiger partial charge is 0.317 e. The third-order valence-corrected chi connectivity index (χ3v) is 3.02. The maximum atomic E-state index is 4.39. The fraction of sp³-hybridized carbons (Fsp3) is 0.700. The number of hydrogen-bond acceptors (Lipinski definition) is 2. The van der Waals surface area contributed by atoms with E-state index in [1.165, 1.54) is 29.8 Å². The molecule has 0 radical (unpaired) electrons. The zero-order chi connectivity index (χ0) is 9.26. The lowest BCUT2D eigenvalue weighted by molar-refractivity contribution is 0.451. The van der Waals surface area contributed by atoms with E-state index in [-0.39, 0.29) is 0 Å². The smallest absolute Gasteiger partial charge is 0.0685 e. The third kappa shape index (κ3) is 1.61. The molecule has 0 amide bonds. The van der Waals surface area contributed by atoms with E-state index < -0.39 is 0 Å². The predicted octanol–water partition coefficient (Wildman–Crippen LogP) is 1.49. The van der Waals surface area contributed by atoms with Crippen molar-refractivity contribution < 1.29 is 0 Å². The van der Waals surface area contributed by atoms with Crippen molar-refractivity contribution in [3.63, 3.8) is 0 Å². The highest BCUT2D eigenvalue weighted by molar-refractivity contribution is 5.25. The normalized spacial score (nSPS) is 19.2. The number of nitrogens with one attached hydrogen (secondary N) is 2. The van der Waals surface area contributed by atoms with Crippen LogP contribution in [0.5, 0.6) is 0 Å². The fourth-order valence-corrected chi connectivity index (χ4v) is 2.00. The molecule has 3 heteroatoms. The van der Waals surface area contributed by atoms with Gasteiger partial charge in [-0.2, -0.15) is 5.10 Å². The zero-order valence-electron chi connectivity index (χ0n) is 8.35. The summed E-state index contributed by atoms with van der Waals surface area (Å²) in [6, 6.07) is 0.